The maximum atomic E-state index is 5.20. The number of ether oxygens (including phenoxy) is 1. The van der Waals surface area contributed by atoms with E-state index in [1.165, 1.54) is 25.8 Å². The normalized spacial score (nSPS) is 28.5. The first-order valence-electron chi connectivity index (χ1n) is 7.55. The largest absolute Gasteiger partial charge is 0.385 e. The third-order valence-electron chi connectivity index (χ3n) is 4.99. The second-order valence-electron chi connectivity index (χ2n) is 5.96. The third kappa shape index (κ3) is 3.46. The minimum atomic E-state index is 0.307. The van der Waals surface area contributed by atoms with Crippen LogP contribution in [0.4, 0.5) is 0 Å². The fourth-order valence-electron chi connectivity index (χ4n) is 2.92. The summed E-state index contributed by atoms with van der Waals surface area (Å²) in [7, 11) is 1.79. The van der Waals surface area contributed by atoms with Gasteiger partial charge in [-0.3, -0.25) is 4.90 Å². The molecule has 18 heavy (non-hydrogen) atoms. The predicted molar refractivity (Wildman–Crippen MR) is 78.1 cm³/mol. The van der Waals surface area contributed by atoms with Crippen LogP contribution in [0.5, 0.6) is 0 Å². The van der Waals surface area contributed by atoms with Gasteiger partial charge in [0.25, 0.3) is 0 Å². The number of hydrogen-bond acceptors (Lipinski definition) is 3. The Bertz CT molecular complexity index is 241. The fraction of sp³-hybridized carbons (Fsp3) is 1.00. The molecule has 3 heteroatoms. The molecular weight excluding hydrogens is 224 g/mol. The van der Waals surface area contributed by atoms with Crippen molar-refractivity contribution < 1.29 is 4.74 Å². The van der Waals surface area contributed by atoms with Gasteiger partial charge in [0, 0.05) is 44.4 Å². The average Bonchev–Trinajstić information content (AvgIpc) is 2.41. The fourth-order valence-corrected chi connectivity index (χ4v) is 2.92. The van der Waals surface area contributed by atoms with Crippen molar-refractivity contribution in [2.24, 2.45) is 0 Å². The standard InChI is InChI=1S/C15H32N2O/c1-6-14(4)12-16-15(7-2,8-3)13-17(14)10-9-11-18-5/h16H,6-13H2,1-5H3. The zero-order valence-electron chi connectivity index (χ0n) is 13.0. The van der Waals surface area contributed by atoms with Gasteiger partial charge in [-0.25, -0.2) is 0 Å². The van der Waals surface area contributed by atoms with Crippen molar-refractivity contribution >= 4 is 0 Å². The van der Waals surface area contributed by atoms with Crippen LogP contribution >= 0.6 is 0 Å². The molecular formula is C15H32N2O. The van der Waals surface area contributed by atoms with Crippen LogP contribution in [-0.2, 0) is 4.74 Å². The molecule has 108 valence electrons. The Morgan fingerprint density at radius 3 is 2.33 bits per heavy atom. The van der Waals surface area contributed by atoms with Gasteiger partial charge in [0.2, 0.25) is 0 Å². The van der Waals surface area contributed by atoms with E-state index in [1.807, 2.05) is 0 Å². The van der Waals surface area contributed by atoms with Crippen molar-refractivity contribution in [3.8, 4) is 0 Å². The Kier molecular flexibility index (Phi) is 6.09. The van der Waals surface area contributed by atoms with E-state index < -0.39 is 0 Å². The van der Waals surface area contributed by atoms with Crippen LogP contribution in [0.15, 0.2) is 0 Å². The highest BCUT2D eigenvalue weighted by Crippen LogP contribution is 2.30. The van der Waals surface area contributed by atoms with Crippen LogP contribution in [0.1, 0.15) is 53.4 Å². The summed E-state index contributed by atoms with van der Waals surface area (Å²) in [4.78, 5) is 2.69. The monoisotopic (exact) mass is 256 g/mol. The van der Waals surface area contributed by atoms with Gasteiger partial charge in [-0.05, 0) is 32.6 Å². The van der Waals surface area contributed by atoms with Crippen LogP contribution in [0, 0.1) is 0 Å². The van der Waals surface area contributed by atoms with E-state index in [1.54, 1.807) is 7.11 Å². The molecule has 0 bridgehead atoms. The minimum absolute atomic E-state index is 0.307. The van der Waals surface area contributed by atoms with Gasteiger partial charge >= 0.3 is 0 Å². The zero-order valence-corrected chi connectivity index (χ0v) is 13.0. The lowest BCUT2D eigenvalue weighted by Gasteiger charge is -2.53. The highest BCUT2D eigenvalue weighted by molar-refractivity contribution is 5.02. The molecule has 0 aliphatic carbocycles. The Balaban J connectivity index is 2.70. The summed E-state index contributed by atoms with van der Waals surface area (Å²) < 4.78 is 5.20. The van der Waals surface area contributed by atoms with Gasteiger partial charge in [-0.2, -0.15) is 0 Å². The van der Waals surface area contributed by atoms with Crippen LogP contribution in [0.2, 0.25) is 0 Å². The number of nitrogens with one attached hydrogen (secondary N) is 1. The van der Waals surface area contributed by atoms with E-state index in [-0.39, 0.29) is 0 Å². The molecule has 3 nitrogen and oxygen atoms in total. The molecule has 0 spiro atoms. The zero-order chi connectivity index (χ0) is 13.6. The number of rotatable bonds is 7. The van der Waals surface area contributed by atoms with E-state index >= 15 is 0 Å². The molecule has 1 aliphatic heterocycles. The molecule has 1 fully saturated rings. The predicted octanol–water partition coefficient (Wildman–Crippen LogP) is 2.66. The number of methoxy groups -OCH3 is 1. The number of piperazine rings is 1. The Hall–Kier alpha value is -0.120. The Labute approximate surface area is 113 Å². The second kappa shape index (κ2) is 6.88. The molecule has 1 aliphatic rings. The number of hydrogen-bond donors (Lipinski definition) is 1. The summed E-state index contributed by atoms with van der Waals surface area (Å²) in [6.45, 7) is 13.6. The molecule has 0 aromatic carbocycles. The first-order valence-corrected chi connectivity index (χ1v) is 7.55. The summed E-state index contributed by atoms with van der Waals surface area (Å²) >= 11 is 0. The van der Waals surface area contributed by atoms with E-state index in [0.29, 0.717) is 11.1 Å². The lowest BCUT2D eigenvalue weighted by atomic mass is 9.83. The maximum Gasteiger partial charge on any atom is 0.0474 e. The third-order valence-corrected chi connectivity index (χ3v) is 4.99. The maximum absolute atomic E-state index is 5.20. The van der Waals surface area contributed by atoms with Crippen molar-refractivity contribution in [1.82, 2.24) is 10.2 Å². The van der Waals surface area contributed by atoms with Crippen LogP contribution < -0.4 is 5.32 Å². The molecule has 0 saturated carbocycles. The smallest absolute Gasteiger partial charge is 0.0474 e. The molecule has 0 aromatic rings. The van der Waals surface area contributed by atoms with E-state index in [4.69, 9.17) is 4.74 Å². The van der Waals surface area contributed by atoms with Gasteiger partial charge in [-0.1, -0.05) is 20.8 Å². The van der Waals surface area contributed by atoms with Crippen molar-refractivity contribution in [1.29, 1.82) is 0 Å². The SMILES string of the molecule is CCC1(CC)CN(CCCOC)C(C)(CC)CN1. The Morgan fingerprint density at radius 1 is 1.17 bits per heavy atom. The van der Waals surface area contributed by atoms with Gasteiger partial charge in [-0.15, -0.1) is 0 Å². The van der Waals surface area contributed by atoms with Crippen molar-refractivity contribution in [3.63, 3.8) is 0 Å². The van der Waals surface area contributed by atoms with Crippen LogP contribution in [-0.4, -0.2) is 49.3 Å². The molecule has 1 saturated heterocycles. The van der Waals surface area contributed by atoms with Gasteiger partial charge < -0.3 is 10.1 Å². The molecule has 1 rings (SSSR count). The quantitative estimate of drug-likeness (QED) is 0.709. The summed E-state index contributed by atoms with van der Waals surface area (Å²) in [5, 5.41) is 3.82. The Morgan fingerprint density at radius 2 is 1.83 bits per heavy atom. The number of nitrogens with zero attached hydrogens (tertiary/aromatic N) is 1. The van der Waals surface area contributed by atoms with Crippen LogP contribution in [0.3, 0.4) is 0 Å². The minimum Gasteiger partial charge on any atom is -0.385 e. The van der Waals surface area contributed by atoms with E-state index in [9.17, 15) is 0 Å². The van der Waals surface area contributed by atoms with Crippen LogP contribution in [0.25, 0.3) is 0 Å². The highest BCUT2D eigenvalue weighted by atomic mass is 16.5. The molecule has 0 radical (unpaired) electrons. The second-order valence-corrected chi connectivity index (χ2v) is 5.96. The molecule has 1 unspecified atom stereocenters. The van der Waals surface area contributed by atoms with Gasteiger partial charge in [0.15, 0.2) is 0 Å². The average molecular weight is 256 g/mol. The summed E-state index contributed by atoms with van der Waals surface area (Å²) in [6.07, 6.45) is 4.76. The van der Waals surface area contributed by atoms with Gasteiger partial charge in [0.05, 0.1) is 0 Å². The van der Waals surface area contributed by atoms with E-state index in [0.717, 1.165) is 26.1 Å². The molecule has 1 atom stereocenters. The van der Waals surface area contributed by atoms with Crippen molar-refractivity contribution in [3.05, 3.63) is 0 Å². The first kappa shape index (κ1) is 15.9. The topological polar surface area (TPSA) is 24.5 Å². The summed E-state index contributed by atoms with van der Waals surface area (Å²) in [5.41, 5.74) is 0.628. The lowest BCUT2D eigenvalue weighted by molar-refractivity contribution is 0.00415. The molecule has 0 amide bonds. The lowest BCUT2D eigenvalue weighted by Crippen LogP contribution is -2.68. The van der Waals surface area contributed by atoms with Gasteiger partial charge in [0.1, 0.15) is 0 Å². The van der Waals surface area contributed by atoms with E-state index in [2.05, 4.69) is 37.9 Å². The molecule has 1 heterocycles. The van der Waals surface area contributed by atoms with Crippen molar-refractivity contribution in [2.75, 3.05) is 33.4 Å². The molecule has 1 N–H and O–H groups in total. The summed E-state index contributed by atoms with van der Waals surface area (Å²) in [6, 6.07) is 0. The first-order chi connectivity index (χ1) is 8.55. The highest BCUT2D eigenvalue weighted by Gasteiger charge is 2.41. The molecule has 0 aromatic heterocycles. The summed E-state index contributed by atoms with van der Waals surface area (Å²) in [5.74, 6) is 0. The van der Waals surface area contributed by atoms with Crippen molar-refractivity contribution in [2.45, 2.75) is 64.5 Å².